The molecule has 3 aromatic rings. The van der Waals surface area contributed by atoms with Crippen molar-refractivity contribution in [3.05, 3.63) is 64.0 Å². The molecule has 1 aromatic heterocycles. The lowest BCUT2D eigenvalue weighted by Crippen LogP contribution is -2.30. The van der Waals surface area contributed by atoms with E-state index in [9.17, 15) is 9.59 Å². The zero-order valence-electron chi connectivity index (χ0n) is 19.1. The molecule has 0 aliphatic carbocycles. The average molecular weight is 461 g/mol. The van der Waals surface area contributed by atoms with Crippen molar-refractivity contribution in [1.82, 2.24) is 9.88 Å². The first-order valence-electron chi connectivity index (χ1n) is 11.5. The summed E-state index contributed by atoms with van der Waals surface area (Å²) in [5.74, 6) is 0.0331. The number of amides is 2. The molecule has 33 heavy (non-hydrogen) atoms. The van der Waals surface area contributed by atoms with E-state index in [0.29, 0.717) is 23.8 Å². The van der Waals surface area contributed by atoms with Crippen LogP contribution in [-0.2, 0) is 11.2 Å². The molecule has 1 N–H and O–H groups in total. The highest BCUT2D eigenvalue weighted by Crippen LogP contribution is 2.36. The fourth-order valence-electron chi connectivity index (χ4n) is 4.63. The van der Waals surface area contributed by atoms with Gasteiger partial charge < -0.3 is 10.2 Å². The van der Waals surface area contributed by atoms with Crippen LogP contribution in [0.2, 0.25) is 0 Å². The third-order valence-corrected chi connectivity index (χ3v) is 7.29. The molecule has 2 aliphatic heterocycles. The molecule has 5 rings (SSSR count). The maximum Gasteiger partial charge on any atom is 0.258 e. The van der Waals surface area contributed by atoms with Crippen LogP contribution in [-0.4, -0.2) is 47.9 Å². The first-order valence-corrected chi connectivity index (χ1v) is 12.3. The highest BCUT2D eigenvalue weighted by atomic mass is 32.1. The number of hydrogen-bond acceptors (Lipinski definition) is 5. The Labute approximate surface area is 198 Å². The molecule has 2 aliphatic rings. The van der Waals surface area contributed by atoms with E-state index < -0.39 is 0 Å². The molecule has 0 radical (unpaired) electrons. The molecule has 2 aromatic carbocycles. The lowest BCUT2D eigenvalue weighted by Gasteiger charge is -2.17. The number of anilines is 2. The smallest absolute Gasteiger partial charge is 0.258 e. The number of nitrogens with zero attached hydrogens (tertiary/aromatic N) is 3. The molecule has 1 fully saturated rings. The van der Waals surface area contributed by atoms with Crippen LogP contribution in [0.3, 0.4) is 0 Å². The van der Waals surface area contributed by atoms with E-state index in [1.165, 1.54) is 24.2 Å². The second-order valence-electron chi connectivity index (χ2n) is 8.87. The van der Waals surface area contributed by atoms with E-state index >= 15 is 0 Å². The van der Waals surface area contributed by atoms with Crippen molar-refractivity contribution in [2.45, 2.75) is 33.1 Å². The van der Waals surface area contributed by atoms with Gasteiger partial charge >= 0.3 is 0 Å². The van der Waals surface area contributed by atoms with Crippen molar-refractivity contribution in [3.8, 4) is 11.3 Å². The quantitative estimate of drug-likeness (QED) is 0.601. The number of benzene rings is 2. The van der Waals surface area contributed by atoms with Crippen molar-refractivity contribution in [1.29, 1.82) is 0 Å². The number of aryl methyl sites for hydroxylation is 2. The van der Waals surface area contributed by atoms with Crippen molar-refractivity contribution < 1.29 is 9.59 Å². The number of thiazole rings is 1. The van der Waals surface area contributed by atoms with Gasteiger partial charge in [0.1, 0.15) is 0 Å². The SMILES string of the molecule is Cc1ccc(C(=O)N2CCc3cc(-c4nc(NC(=O)CN5CCCC5)sc4C)ccc32)cc1. The third-order valence-electron chi connectivity index (χ3n) is 6.40. The zero-order valence-corrected chi connectivity index (χ0v) is 19.9. The lowest BCUT2D eigenvalue weighted by molar-refractivity contribution is -0.117. The minimum Gasteiger partial charge on any atom is -0.308 e. The molecule has 7 heteroatoms. The molecule has 1 saturated heterocycles. The minimum absolute atomic E-state index is 0.00332. The van der Waals surface area contributed by atoms with Crippen molar-refractivity contribution >= 4 is 34.0 Å². The number of carbonyl (C=O) groups is 2. The molecule has 2 amide bonds. The standard InChI is InChI=1S/C26H28N4O2S/c1-17-5-7-19(8-6-17)25(32)30-14-11-20-15-21(9-10-22(20)30)24-18(2)33-26(28-24)27-23(31)16-29-12-3-4-13-29/h5-10,15H,3-4,11-14,16H2,1-2H3,(H,27,28,31). The van der Waals surface area contributed by atoms with E-state index in [1.807, 2.05) is 55.1 Å². The predicted octanol–water partition coefficient (Wildman–Crippen LogP) is 4.66. The number of nitrogens with one attached hydrogen (secondary N) is 1. The van der Waals surface area contributed by atoms with Gasteiger partial charge in [-0.1, -0.05) is 23.8 Å². The molecular formula is C26H28N4O2S. The van der Waals surface area contributed by atoms with Crippen molar-refractivity contribution in [2.24, 2.45) is 0 Å². The second-order valence-corrected chi connectivity index (χ2v) is 10.1. The first-order chi connectivity index (χ1) is 16.0. The largest absolute Gasteiger partial charge is 0.308 e. The molecule has 3 heterocycles. The lowest BCUT2D eigenvalue weighted by atomic mass is 10.1. The number of likely N-dealkylation sites (tertiary alicyclic amines) is 1. The third kappa shape index (κ3) is 4.56. The van der Waals surface area contributed by atoms with Gasteiger partial charge in [-0.25, -0.2) is 4.98 Å². The van der Waals surface area contributed by atoms with E-state index in [2.05, 4.69) is 16.3 Å². The Bertz CT molecular complexity index is 1200. The van der Waals surface area contributed by atoms with E-state index in [-0.39, 0.29) is 11.8 Å². The van der Waals surface area contributed by atoms with Gasteiger partial charge in [-0.05, 0) is 76.0 Å². The van der Waals surface area contributed by atoms with Gasteiger partial charge in [0.05, 0.1) is 12.2 Å². The number of carbonyl (C=O) groups excluding carboxylic acids is 2. The van der Waals surface area contributed by atoms with Gasteiger partial charge in [-0.3, -0.25) is 14.5 Å². The van der Waals surface area contributed by atoms with Crippen molar-refractivity contribution in [3.63, 3.8) is 0 Å². The summed E-state index contributed by atoms with van der Waals surface area (Å²) in [4.78, 5) is 35.3. The van der Waals surface area contributed by atoms with E-state index in [0.717, 1.165) is 52.5 Å². The average Bonchev–Trinajstić information content (AvgIpc) is 3.53. The van der Waals surface area contributed by atoms with E-state index in [4.69, 9.17) is 4.98 Å². The minimum atomic E-state index is -0.00332. The monoisotopic (exact) mass is 460 g/mol. The van der Waals surface area contributed by atoms with Gasteiger partial charge in [0.2, 0.25) is 5.91 Å². The molecule has 0 spiro atoms. The Hall–Kier alpha value is -3.03. The molecule has 0 bridgehead atoms. The summed E-state index contributed by atoms with van der Waals surface area (Å²) in [6.45, 7) is 7.15. The maximum absolute atomic E-state index is 13.0. The molecule has 6 nitrogen and oxygen atoms in total. The van der Waals surface area contributed by atoms with Crippen LogP contribution in [0.1, 0.15) is 39.2 Å². The summed E-state index contributed by atoms with van der Waals surface area (Å²) >= 11 is 1.51. The highest BCUT2D eigenvalue weighted by molar-refractivity contribution is 7.16. The van der Waals surface area contributed by atoms with Crippen LogP contribution < -0.4 is 10.2 Å². The topological polar surface area (TPSA) is 65.5 Å². The maximum atomic E-state index is 13.0. The van der Waals surface area contributed by atoms with Gasteiger partial charge in [0, 0.05) is 28.2 Å². The zero-order chi connectivity index (χ0) is 22.9. The number of aromatic nitrogens is 1. The Kier molecular flexibility index (Phi) is 6.00. The molecule has 170 valence electrons. The summed E-state index contributed by atoms with van der Waals surface area (Å²) in [6, 6.07) is 13.9. The Balaban J connectivity index is 1.32. The molecule has 0 unspecified atom stereocenters. The number of fused-ring (bicyclic) bond motifs is 1. The second kappa shape index (κ2) is 9.08. The Morgan fingerprint density at radius 3 is 2.55 bits per heavy atom. The summed E-state index contributed by atoms with van der Waals surface area (Å²) < 4.78 is 0. The fraction of sp³-hybridized carbons (Fsp3) is 0.346. The fourth-order valence-corrected chi connectivity index (χ4v) is 5.48. The predicted molar refractivity (Wildman–Crippen MR) is 133 cm³/mol. The van der Waals surface area contributed by atoms with Gasteiger partial charge in [-0.2, -0.15) is 0 Å². The summed E-state index contributed by atoms with van der Waals surface area (Å²) in [5, 5.41) is 3.61. The Morgan fingerprint density at radius 1 is 1.03 bits per heavy atom. The van der Waals surface area contributed by atoms with Crippen LogP contribution in [0.4, 0.5) is 10.8 Å². The van der Waals surface area contributed by atoms with Gasteiger partial charge in [-0.15, -0.1) is 11.3 Å². The Morgan fingerprint density at radius 2 is 1.79 bits per heavy atom. The summed E-state index contributed by atoms with van der Waals surface area (Å²) in [5.41, 5.74) is 5.89. The van der Waals surface area contributed by atoms with Crippen LogP contribution in [0, 0.1) is 13.8 Å². The molecular weight excluding hydrogens is 432 g/mol. The first kappa shape index (κ1) is 21.8. The van der Waals surface area contributed by atoms with Gasteiger partial charge in [0.25, 0.3) is 5.91 Å². The molecule has 0 atom stereocenters. The van der Waals surface area contributed by atoms with Crippen LogP contribution in [0.25, 0.3) is 11.3 Å². The van der Waals surface area contributed by atoms with Crippen LogP contribution >= 0.6 is 11.3 Å². The van der Waals surface area contributed by atoms with Gasteiger partial charge in [0.15, 0.2) is 5.13 Å². The van der Waals surface area contributed by atoms with Crippen molar-refractivity contribution in [2.75, 3.05) is 36.4 Å². The van der Waals surface area contributed by atoms with Crippen LogP contribution in [0.5, 0.6) is 0 Å². The summed E-state index contributed by atoms with van der Waals surface area (Å²) in [6.07, 6.45) is 3.16. The van der Waals surface area contributed by atoms with E-state index in [1.54, 1.807) is 0 Å². The number of hydrogen-bond donors (Lipinski definition) is 1. The van der Waals surface area contributed by atoms with Crippen LogP contribution in [0.15, 0.2) is 42.5 Å². The normalized spacial score (nSPS) is 15.6. The molecule has 0 saturated carbocycles. The highest BCUT2D eigenvalue weighted by Gasteiger charge is 2.26. The summed E-state index contributed by atoms with van der Waals surface area (Å²) in [7, 11) is 0. The number of rotatable bonds is 5.